The number of benzene rings is 3. The Morgan fingerprint density at radius 3 is 2.05 bits per heavy atom. The predicted molar refractivity (Wildman–Crippen MR) is 95.8 cm³/mol. The maximum atomic E-state index is 5.74. The van der Waals surface area contributed by atoms with Crippen molar-refractivity contribution in [3.63, 3.8) is 0 Å². The normalized spacial score (nSPS) is 11.2. The fourth-order valence-electron chi connectivity index (χ4n) is 2.41. The van der Waals surface area contributed by atoms with Crippen LogP contribution in [0.3, 0.4) is 0 Å². The Bertz CT molecular complexity index is 882. The van der Waals surface area contributed by atoms with Gasteiger partial charge in [-0.05, 0) is 22.2 Å². The zero-order valence-electron chi connectivity index (χ0n) is 11.7. The standard InChI is InChI=1S/C16H15N5.ClH/c17-15(18)21-16(19)20-14-9-10-5-1-2-6-11(10)12-7-3-4-8-13(12)14;/h1-9H,(H6,17,18,19,20,21);1H. The van der Waals surface area contributed by atoms with Gasteiger partial charge in [0.25, 0.3) is 0 Å². The molecule has 0 aliphatic carbocycles. The first-order valence-corrected chi connectivity index (χ1v) is 6.49. The lowest BCUT2D eigenvalue weighted by atomic mass is 10.0. The third-order valence-electron chi connectivity index (χ3n) is 3.22. The highest BCUT2D eigenvalue weighted by atomic mass is 35.5. The molecule has 0 bridgehead atoms. The van der Waals surface area contributed by atoms with Crippen LogP contribution in [0.2, 0.25) is 0 Å². The first-order valence-electron chi connectivity index (χ1n) is 6.49. The minimum Gasteiger partial charge on any atom is -0.370 e. The van der Waals surface area contributed by atoms with Gasteiger partial charge in [-0.15, -0.1) is 12.4 Å². The molecule has 0 fully saturated rings. The summed E-state index contributed by atoms with van der Waals surface area (Å²) in [6.45, 7) is 0. The van der Waals surface area contributed by atoms with Crippen LogP contribution in [0.1, 0.15) is 0 Å². The smallest absolute Gasteiger partial charge is 0.223 e. The lowest BCUT2D eigenvalue weighted by Crippen LogP contribution is -2.26. The van der Waals surface area contributed by atoms with Crippen molar-refractivity contribution < 1.29 is 0 Å². The summed E-state index contributed by atoms with van der Waals surface area (Å²) in [5, 5.41) is 4.39. The minimum atomic E-state index is -0.110. The van der Waals surface area contributed by atoms with Crippen molar-refractivity contribution in [3.05, 3.63) is 54.6 Å². The monoisotopic (exact) mass is 313 g/mol. The summed E-state index contributed by atoms with van der Waals surface area (Å²) in [4.78, 5) is 8.08. The summed E-state index contributed by atoms with van der Waals surface area (Å²) in [5.41, 5.74) is 17.1. The molecule has 3 rings (SSSR count). The topological polar surface area (TPSA) is 103 Å². The second kappa shape index (κ2) is 6.32. The molecule has 0 atom stereocenters. The highest BCUT2D eigenvalue weighted by molar-refractivity contribution is 6.13. The first kappa shape index (κ1) is 15.6. The van der Waals surface area contributed by atoms with E-state index in [1.165, 1.54) is 5.39 Å². The van der Waals surface area contributed by atoms with Crippen molar-refractivity contribution in [1.82, 2.24) is 0 Å². The molecule has 0 amide bonds. The van der Waals surface area contributed by atoms with Crippen molar-refractivity contribution in [1.29, 1.82) is 0 Å². The average molecular weight is 314 g/mol. The maximum absolute atomic E-state index is 5.74. The summed E-state index contributed by atoms with van der Waals surface area (Å²) in [5.74, 6) is -0.0724. The van der Waals surface area contributed by atoms with E-state index in [1.807, 2.05) is 42.5 Å². The Hall–Kier alpha value is -2.79. The van der Waals surface area contributed by atoms with Gasteiger partial charge in [0.2, 0.25) is 5.96 Å². The molecular weight excluding hydrogens is 298 g/mol. The molecule has 0 aliphatic rings. The Balaban J connectivity index is 0.00000176. The second-order valence-corrected chi connectivity index (χ2v) is 4.67. The zero-order chi connectivity index (χ0) is 14.8. The molecule has 22 heavy (non-hydrogen) atoms. The van der Waals surface area contributed by atoms with E-state index in [0.29, 0.717) is 0 Å². The Morgan fingerprint density at radius 1 is 0.773 bits per heavy atom. The van der Waals surface area contributed by atoms with Gasteiger partial charge in [0.1, 0.15) is 0 Å². The number of nitrogens with two attached hydrogens (primary N) is 3. The molecule has 0 unspecified atom stereocenters. The molecule has 6 heteroatoms. The van der Waals surface area contributed by atoms with Crippen molar-refractivity contribution in [3.8, 4) is 0 Å². The van der Waals surface area contributed by atoms with Gasteiger partial charge in [-0.2, -0.15) is 4.99 Å². The van der Waals surface area contributed by atoms with E-state index >= 15 is 0 Å². The van der Waals surface area contributed by atoms with Gasteiger partial charge in [-0.25, -0.2) is 4.99 Å². The molecule has 3 aromatic carbocycles. The van der Waals surface area contributed by atoms with Crippen LogP contribution in [0.15, 0.2) is 64.6 Å². The van der Waals surface area contributed by atoms with Crippen molar-refractivity contribution in [2.24, 2.45) is 27.2 Å². The molecule has 6 N–H and O–H groups in total. The Morgan fingerprint density at radius 2 is 1.36 bits per heavy atom. The molecular formula is C16H16ClN5. The van der Waals surface area contributed by atoms with E-state index in [2.05, 4.69) is 22.1 Å². The molecule has 0 spiro atoms. The van der Waals surface area contributed by atoms with Crippen LogP contribution in [-0.4, -0.2) is 11.9 Å². The number of fused-ring (bicyclic) bond motifs is 3. The van der Waals surface area contributed by atoms with Crippen LogP contribution < -0.4 is 17.2 Å². The fraction of sp³-hybridized carbons (Fsp3) is 0. The van der Waals surface area contributed by atoms with Crippen LogP contribution >= 0.6 is 12.4 Å². The summed E-state index contributed by atoms with van der Waals surface area (Å²) < 4.78 is 0. The van der Waals surface area contributed by atoms with E-state index in [4.69, 9.17) is 17.2 Å². The number of hydrogen-bond donors (Lipinski definition) is 3. The van der Waals surface area contributed by atoms with Gasteiger partial charge in [0.05, 0.1) is 5.69 Å². The summed E-state index contributed by atoms with van der Waals surface area (Å²) >= 11 is 0. The molecule has 0 saturated carbocycles. The predicted octanol–water partition coefficient (Wildman–Crippen LogP) is 2.63. The SMILES string of the molecule is Cl.NC(N)=NC(N)=Nc1cc2ccccc2c2ccccc12. The van der Waals surface area contributed by atoms with E-state index in [-0.39, 0.29) is 24.3 Å². The van der Waals surface area contributed by atoms with Gasteiger partial charge in [-0.1, -0.05) is 48.5 Å². The number of rotatable bonds is 1. The fourth-order valence-corrected chi connectivity index (χ4v) is 2.41. The van der Waals surface area contributed by atoms with Gasteiger partial charge in [0.15, 0.2) is 5.96 Å². The Kier molecular flexibility index (Phi) is 4.48. The van der Waals surface area contributed by atoms with Crippen LogP contribution in [-0.2, 0) is 0 Å². The van der Waals surface area contributed by atoms with Gasteiger partial charge >= 0.3 is 0 Å². The van der Waals surface area contributed by atoms with Gasteiger partial charge < -0.3 is 17.2 Å². The summed E-state index contributed by atoms with van der Waals surface area (Å²) in [7, 11) is 0. The van der Waals surface area contributed by atoms with E-state index in [1.54, 1.807) is 0 Å². The third kappa shape index (κ3) is 2.94. The van der Waals surface area contributed by atoms with Gasteiger partial charge in [0, 0.05) is 5.39 Å². The van der Waals surface area contributed by atoms with Crippen LogP contribution in [0, 0.1) is 0 Å². The Labute approximate surface area is 133 Å². The number of guanidine groups is 2. The minimum absolute atomic E-state index is 0. The summed E-state index contributed by atoms with van der Waals surface area (Å²) in [6, 6.07) is 18.1. The molecule has 0 heterocycles. The second-order valence-electron chi connectivity index (χ2n) is 4.67. The molecule has 112 valence electrons. The van der Waals surface area contributed by atoms with Crippen LogP contribution in [0.25, 0.3) is 21.5 Å². The highest BCUT2D eigenvalue weighted by Crippen LogP contribution is 2.33. The molecule has 3 aromatic rings. The molecule has 0 saturated heterocycles. The third-order valence-corrected chi connectivity index (χ3v) is 3.22. The van der Waals surface area contributed by atoms with E-state index in [9.17, 15) is 0 Å². The van der Waals surface area contributed by atoms with E-state index < -0.39 is 0 Å². The van der Waals surface area contributed by atoms with E-state index in [0.717, 1.165) is 21.8 Å². The zero-order valence-corrected chi connectivity index (χ0v) is 12.5. The van der Waals surface area contributed by atoms with Crippen molar-refractivity contribution in [2.75, 3.05) is 0 Å². The molecule has 0 aliphatic heterocycles. The number of hydrogen-bond acceptors (Lipinski definition) is 1. The van der Waals surface area contributed by atoms with Crippen LogP contribution in [0.4, 0.5) is 5.69 Å². The lowest BCUT2D eigenvalue weighted by molar-refractivity contribution is 1.39. The number of nitrogens with zero attached hydrogens (tertiary/aromatic N) is 2. The largest absolute Gasteiger partial charge is 0.370 e. The highest BCUT2D eigenvalue weighted by Gasteiger charge is 2.05. The van der Waals surface area contributed by atoms with Crippen molar-refractivity contribution >= 4 is 51.6 Å². The number of aliphatic imine (C=N–C) groups is 2. The molecule has 0 aromatic heterocycles. The average Bonchev–Trinajstić information content (AvgIpc) is 2.46. The quantitative estimate of drug-likeness (QED) is 0.365. The number of halogens is 1. The van der Waals surface area contributed by atoms with Crippen molar-refractivity contribution in [2.45, 2.75) is 0 Å². The molecule has 5 nitrogen and oxygen atoms in total. The lowest BCUT2D eigenvalue weighted by Gasteiger charge is -2.07. The summed E-state index contributed by atoms with van der Waals surface area (Å²) in [6.07, 6.45) is 0. The van der Waals surface area contributed by atoms with Gasteiger partial charge in [-0.3, -0.25) is 0 Å². The maximum Gasteiger partial charge on any atom is 0.223 e. The molecule has 0 radical (unpaired) electrons. The van der Waals surface area contributed by atoms with Crippen LogP contribution in [0.5, 0.6) is 0 Å². The first-order chi connectivity index (χ1) is 10.1.